The van der Waals surface area contributed by atoms with Gasteiger partial charge in [0, 0.05) is 10.0 Å². The van der Waals surface area contributed by atoms with E-state index in [1.807, 2.05) is 0 Å². The number of carbonyl (C=O) groups excluding carboxylic acids is 1. The largest absolute Gasteiger partial charge is 0.507 e. The highest BCUT2D eigenvalue weighted by atomic mass is 79.9. The summed E-state index contributed by atoms with van der Waals surface area (Å²) in [6, 6.07) is 2.48. The van der Waals surface area contributed by atoms with Crippen molar-refractivity contribution in [3.05, 3.63) is 26.6 Å². The Balaban J connectivity index is 2.81. The molecule has 2 atom stereocenters. The van der Waals surface area contributed by atoms with Crippen LogP contribution in [0.5, 0.6) is 5.75 Å². The molecule has 3 N–H and O–H groups in total. The number of nitrogens with one attached hydrogen (secondary N) is 1. The molecule has 0 spiro atoms. The Bertz CT molecular complexity index is 528. The average Bonchev–Trinajstić information content (AvgIpc) is 2.30. The molecule has 0 aliphatic heterocycles. The third kappa shape index (κ3) is 5.48. The zero-order valence-corrected chi connectivity index (χ0v) is 15.4. The van der Waals surface area contributed by atoms with Crippen LogP contribution in [0.25, 0.3) is 0 Å². The number of phenolic OH excluding ortho intramolecular Hbond substituents is 1. The monoisotopic (exact) mass is 423 g/mol. The van der Waals surface area contributed by atoms with Crippen LogP contribution in [0.1, 0.15) is 39.4 Å². The molecular formula is C14H19Br2NO4. The molecule has 118 valence electrons. The van der Waals surface area contributed by atoms with E-state index < -0.39 is 23.8 Å². The molecule has 0 aromatic heterocycles. The van der Waals surface area contributed by atoms with Gasteiger partial charge in [-0.25, -0.2) is 4.79 Å². The molecule has 7 heteroatoms. The molecule has 0 heterocycles. The minimum absolute atomic E-state index is 0.0109. The summed E-state index contributed by atoms with van der Waals surface area (Å²) in [6.07, 6.45) is -1.60. The van der Waals surface area contributed by atoms with Crippen LogP contribution >= 0.6 is 31.9 Å². The van der Waals surface area contributed by atoms with Crippen LogP contribution < -0.4 is 5.32 Å². The van der Waals surface area contributed by atoms with Crippen LogP contribution in [0, 0.1) is 0 Å². The third-order valence-corrected chi connectivity index (χ3v) is 3.92. The van der Waals surface area contributed by atoms with Gasteiger partial charge in [0.15, 0.2) is 0 Å². The number of benzene rings is 1. The Labute approximate surface area is 140 Å². The van der Waals surface area contributed by atoms with Gasteiger partial charge in [0.25, 0.3) is 0 Å². The third-order valence-electron chi connectivity index (χ3n) is 2.60. The van der Waals surface area contributed by atoms with Gasteiger partial charge < -0.3 is 20.3 Å². The minimum Gasteiger partial charge on any atom is -0.507 e. The highest BCUT2D eigenvalue weighted by Crippen LogP contribution is 2.34. The summed E-state index contributed by atoms with van der Waals surface area (Å²) in [7, 11) is 0. The van der Waals surface area contributed by atoms with Crippen molar-refractivity contribution in [1.29, 1.82) is 0 Å². The number of hydrogen-bond acceptors (Lipinski definition) is 4. The first-order valence-corrected chi connectivity index (χ1v) is 7.95. The summed E-state index contributed by atoms with van der Waals surface area (Å²) >= 11 is 6.51. The first-order valence-electron chi connectivity index (χ1n) is 6.36. The molecule has 0 fully saturated rings. The van der Waals surface area contributed by atoms with Gasteiger partial charge in [0.2, 0.25) is 0 Å². The molecule has 1 rings (SSSR count). The van der Waals surface area contributed by atoms with Gasteiger partial charge in [-0.15, -0.1) is 0 Å². The van der Waals surface area contributed by atoms with Crippen LogP contribution in [-0.2, 0) is 4.74 Å². The summed E-state index contributed by atoms with van der Waals surface area (Å²) in [5, 5.41) is 22.6. The number of amides is 1. The predicted octanol–water partition coefficient (Wildman–Crippen LogP) is 3.86. The lowest BCUT2D eigenvalue weighted by atomic mass is 10.0. The summed E-state index contributed by atoms with van der Waals surface area (Å²) in [4.78, 5) is 11.7. The Morgan fingerprint density at radius 3 is 2.38 bits per heavy atom. The first kappa shape index (κ1) is 18.3. The van der Waals surface area contributed by atoms with E-state index in [1.54, 1.807) is 33.8 Å². The molecule has 21 heavy (non-hydrogen) atoms. The molecule has 0 saturated carbocycles. The van der Waals surface area contributed by atoms with Crippen molar-refractivity contribution in [3.63, 3.8) is 0 Å². The fraction of sp³-hybridized carbons (Fsp3) is 0.500. The number of carbonyl (C=O) groups is 1. The molecule has 0 radical (unpaired) electrons. The van der Waals surface area contributed by atoms with E-state index in [1.165, 1.54) is 6.07 Å². The number of aliphatic hydroxyl groups excluding tert-OH is 1. The molecule has 1 aromatic rings. The minimum atomic E-state index is -0.995. The lowest BCUT2D eigenvalue weighted by Crippen LogP contribution is -2.40. The van der Waals surface area contributed by atoms with E-state index in [9.17, 15) is 15.0 Å². The predicted molar refractivity (Wildman–Crippen MR) is 87.3 cm³/mol. The molecule has 1 amide bonds. The Morgan fingerprint density at radius 2 is 1.86 bits per heavy atom. The van der Waals surface area contributed by atoms with Gasteiger partial charge in [0.05, 0.1) is 10.5 Å². The highest BCUT2D eigenvalue weighted by molar-refractivity contribution is 9.11. The number of aromatic hydroxyl groups is 1. The zero-order chi connectivity index (χ0) is 16.4. The van der Waals surface area contributed by atoms with Crippen LogP contribution in [0.3, 0.4) is 0 Å². The number of alkyl carbamates (subject to hydrolysis) is 1. The maximum absolute atomic E-state index is 11.7. The van der Waals surface area contributed by atoms with E-state index in [2.05, 4.69) is 37.2 Å². The summed E-state index contributed by atoms with van der Waals surface area (Å²) in [6.45, 7) is 6.94. The molecule has 0 bridgehead atoms. The van der Waals surface area contributed by atoms with Crippen molar-refractivity contribution in [3.8, 4) is 5.75 Å². The fourth-order valence-electron chi connectivity index (χ4n) is 1.62. The van der Waals surface area contributed by atoms with Crippen LogP contribution in [0.2, 0.25) is 0 Å². The quantitative estimate of drug-likeness (QED) is 0.688. The summed E-state index contributed by atoms with van der Waals surface area (Å²) in [5.41, 5.74) is -0.134. The summed E-state index contributed by atoms with van der Waals surface area (Å²) < 4.78 is 6.27. The van der Waals surface area contributed by atoms with Crippen LogP contribution in [-0.4, -0.2) is 27.9 Å². The summed E-state index contributed by atoms with van der Waals surface area (Å²) in [5.74, 6) is 0.0109. The molecule has 0 aliphatic carbocycles. The lowest BCUT2D eigenvalue weighted by Gasteiger charge is -2.25. The van der Waals surface area contributed by atoms with E-state index in [0.717, 1.165) is 0 Å². The molecule has 1 aromatic carbocycles. The fourth-order valence-corrected chi connectivity index (χ4v) is 2.85. The van der Waals surface area contributed by atoms with Gasteiger partial charge in [-0.1, -0.05) is 15.9 Å². The number of phenols is 1. The van der Waals surface area contributed by atoms with E-state index in [4.69, 9.17) is 4.74 Å². The van der Waals surface area contributed by atoms with Gasteiger partial charge in [-0.05, 0) is 55.8 Å². The number of hydrogen-bond donors (Lipinski definition) is 3. The topological polar surface area (TPSA) is 78.8 Å². The van der Waals surface area contributed by atoms with Crippen molar-refractivity contribution >= 4 is 38.0 Å². The van der Waals surface area contributed by atoms with Crippen LogP contribution in [0.4, 0.5) is 4.79 Å². The number of ether oxygens (including phenoxy) is 1. The highest BCUT2D eigenvalue weighted by Gasteiger charge is 2.24. The Kier molecular flexibility index (Phi) is 6.07. The second-order valence-electron chi connectivity index (χ2n) is 5.70. The van der Waals surface area contributed by atoms with Gasteiger partial charge >= 0.3 is 6.09 Å². The molecule has 0 aliphatic rings. The zero-order valence-electron chi connectivity index (χ0n) is 12.3. The first-order chi connectivity index (χ1) is 9.51. The van der Waals surface area contributed by atoms with Gasteiger partial charge in [0.1, 0.15) is 17.5 Å². The van der Waals surface area contributed by atoms with Crippen molar-refractivity contribution < 1.29 is 19.7 Å². The number of rotatable bonds is 3. The average molecular weight is 425 g/mol. The smallest absolute Gasteiger partial charge is 0.407 e. The Hall–Kier alpha value is -0.790. The normalized spacial score (nSPS) is 14.4. The number of aliphatic hydroxyl groups is 1. The van der Waals surface area contributed by atoms with Crippen molar-refractivity contribution in [1.82, 2.24) is 5.32 Å². The van der Waals surface area contributed by atoms with Crippen molar-refractivity contribution in [2.75, 3.05) is 0 Å². The van der Waals surface area contributed by atoms with Gasteiger partial charge in [-0.3, -0.25) is 0 Å². The van der Waals surface area contributed by atoms with E-state index in [0.29, 0.717) is 14.5 Å². The maximum atomic E-state index is 11.7. The lowest BCUT2D eigenvalue weighted by molar-refractivity contribution is 0.0435. The maximum Gasteiger partial charge on any atom is 0.407 e. The molecule has 0 unspecified atom stereocenters. The van der Waals surface area contributed by atoms with E-state index in [-0.39, 0.29) is 5.75 Å². The molecule has 0 saturated heterocycles. The van der Waals surface area contributed by atoms with Crippen molar-refractivity contribution in [2.45, 2.75) is 45.4 Å². The van der Waals surface area contributed by atoms with Crippen molar-refractivity contribution in [2.24, 2.45) is 0 Å². The molecule has 5 nitrogen and oxygen atoms in total. The SMILES string of the molecule is C[C@H](NC(=O)OC(C)(C)C)[C@H](O)c1cc(O)c(Br)cc1Br. The second kappa shape index (κ2) is 6.98. The standard InChI is InChI=1S/C14H19Br2NO4/c1-7(17-13(20)21-14(2,3)4)12(19)8-5-11(18)10(16)6-9(8)15/h5-7,12,18-19H,1-4H3,(H,17,20)/t7-,12-/m0/s1. The van der Waals surface area contributed by atoms with E-state index >= 15 is 0 Å². The van der Waals surface area contributed by atoms with Gasteiger partial charge in [-0.2, -0.15) is 0 Å². The molecular weight excluding hydrogens is 406 g/mol. The van der Waals surface area contributed by atoms with Crippen LogP contribution in [0.15, 0.2) is 21.1 Å². The number of halogens is 2. The second-order valence-corrected chi connectivity index (χ2v) is 7.41. The Morgan fingerprint density at radius 1 is 1.29 bits per heavy atom.